The molecule has 3 rings (SSSR count). The van der Waals surface area contributed by atoms with E-state index < -0.39 is 0 Å². The summed E-state index contributed by atoms with van der Waals surface area (Å²) in [5.41, 5.74) is 1.05. The third kappa shape index (κ3) is 2.21. The molecule has 0 aliphatic carbocycles. The van der Waals surface area contributed by atoms with Crippen LogP contribution >= 0.6 is 11.3 Å². The molecule has 1 N–H and O–H groups in total. The van der Waals surface area contributed by atoms with Gasteiger partial charge in [-0.15, -0.1) is 11.3 Å². The molecule has 0 radical (unpaired) electrons. The van der Waals surface area contributed by atoms with Crippen LogP contribution in [0.4, 0.5) is 0 Å². The van der Waals surface area contributed by atoms with Crippen LogP contribution in [0.15, 0.2) is 17.8 Å². The number of aliphatic hydroxyl groups is 1. The molecule has 0 aromatic carbocycles. The molecule has 0 saturated carbocycles. The highest BCUT2D eigenvalue weighted by molar-refractivity contribution is 7.15. The fraction of sp³-hybridized carbons (Fsp3) is 0.545. The third-order valence-corrected chi connectivity index (χ3v) is 3.84. The molecular weight excluding hydrogens is 238 g/mol. The molecule has 0 spiro atoms. The van der Waals surface area contributed by atoms with Gasteiger partial charge in [0.15, 0.2) is 4.96 Å². The lowest BCUT2D eigenvalue weighted by molar-refractivity contribution is -0.0316. The first-order chi connectivity index (χ1) is 8.36. The smallest absolute Gasteiger partial charge is 0.193 e. The standard InChI is InChI=1S/C11H15N3O2S/c15-7-10-8-16-3-1-13(10)5-9-6-14-2-4-17-11(14)12-9/h2,4,6,10,15H,1,3,5,7-8H2. The van der Waals surface area contributed by atoms with E-state index in [1.54, 1.807) is 11.3 Å². The molecule has 17 heavy (non-hydrogen) atoms. The van der Waals surface area contributed by atoms with Crippen molar-refractivity contribution in [2.24, 2.45) is 0 Å². The molecule has 3 heterocycles. The van der Waals surface area contributed by atoms with Crippen LogP contribution in [0.1, 0.15) is 5.69 Å². The monoisotopic (exact) mass is 253 g/mol. The number of aromatic nitrogens is 2. The molecular formula is C11H15N3O2S. The van der Waals surface area contributed by atoms with Crippen molar-refractivity contribution in [1.29, 1.82) is 0 Å². The van der Waals surface area contributed by atoms with Gasteiger partial charge in [0, 0.05) is 30.9 Å². The van der Waals surface area contributed by atoms with Crippen LogP contribution in [0.5, 0.6) is 0 Å². The topological polar surface area (TPSA) is 50.0 Å². The second kappa shape index (κ2) is 4.73. The summed E-state index contributed by atoms with van der Waals surface area (Å²) in [6, 6.07) is 0.100. The first-order valence-corrected chi connectivity index (χ1v) is 6.58. The van der Waals surface area contributed by atoms with Crippen LogP contribution in [0, 0.1) is 0 Å². The van der Waals surface area contributed by atoms with E-state index in [2.05, 4.69) is 16.1 Å². The van der Waals surface area contributed by atoms with Crippen LogP contribution in [0.3, 0.4) is 0 Å². The maximum Gasteiger partial charge on any atom is 0.193 e. The minimum Gasteiger partial charge on any atom is -0.395 e. The van der Waals surface area contributed by atoms with Crippen LogP contribution in [-0.4, -0.2) is 51.8 Å². The van der Waals surface area contributed by atoms with Crippen LogP contribution in [0.25, 0.3) is 4.96 Å². The summed E-state index contributed by atoms with van der Waals surface area (Å²) < 4.78 is 7.40. The Balaban J connectivity index is 1.74. The molecule has 6 heteroatoms. The minimum absolute atomic E-state index is 0.100. The first kappa shape index (κ1) is 11.2. The van der Waals surface area contributed by atoms with E-state index in [1.165, 1.54) is 0 Å². The number of hydrogen-bond acceptors (Lipinski definition) is 5. The number of aliphatic hydroxyl groups excluding tert-OH is 1. The molecule has 0 bridgehead atoms. The van der Waals surface area contributed by atoms with Crippen molar-refractivity contribution in [3.05, 3.63) is 23.5 Å². The average Bonchev–Trinajstić information content (AvgIpc) is 2.90. The van der Waals surface area contributed by atoms with Crippen molar-refractivity contribution in [2.75, 3.05) is 26.4 Å². The van der Waals surface area contributed by atoms with Crippen molar-refractivity contribution >= 4 is 16.3 Å². The molecule has 1 atom stereocenters. The summed E-state index contributed by atoms with van der Waals surface area (Å²) in [6.45, 7) is 3.12. The number of morpholine rings is 1. The van der Waals surface area contributed by atoms with Gasteiger partial charge in [0.05, 0.1) is 31.6 Å². The molecule has 0 amide bonds. The highest BCUT2D eigenvalue weighted by Gasteiger charge is 2.23. The molecule has 2 aromatic rings. The fourth-order valence-corrected chi connectivity index (χ4v) is 2.84. The van der Waals surface area contributed by atoms with E-state index >= 15 is 0 Å². The second-order valence-electron chi connectivity index (χ2n) is 4.21. The lowest BCUT2D eigenvalue weighted by atomic mass is 10.2. The zero-order valence-corrected chi connectivity index (χ0v) is 10.3. The number of nitrogens with zero attached hydrogens (tertiary/aromatic N) is 3. The number of fused-ring (bicyclic) bond motifs is 1. The quantitative estimate of drug-likeness (QED) is 0.870. The largest absolute Gasteiger partial charge is 0.395 e. The van der Waals surface area contributed by atoms with E-state index in [-0.39, 0.29) is 12.6 Å². The zero-order chi connectivity index (χ0) is 11.7. The molecule has 92 valence electrons. The summed E-state index contributed by atoms with van der Waals surface area (Å²) in [7, 11) is 0. The molecule has 1 fully saturated rings. The third-order valence-electron chi connectivity index (χ3n) is 3.07. The predicted octanol–water partition coefficient (Wildman–Crippen LogP) is 0.589. The Hall–Kier alpha value is -0.950. The molecule has 1 saturated heterocycles. The van der Waals surface area contributed by atoms with Crippen molar-refractivity contribution in [3.8, 4) is 0 Å². The van der Waals surface area contributed by atoms with E-state index in [9.17, 15) is 5.11 Å². The lowest BCUT2D eigenvalue weighted by Gasteiger charge is -2.33. The van der Waals surface area contributed by atoms with Gasteiger partial charge in [-0.2, -0.15) is 0 Å². The summed E-state index contributed by atoms with van der Waals surface area (Å²) in [4.78, 5) is 7.81. The maximum atomic E-state index is 9.29. The molecule has 1 aliphatic rings. The Labute approximate surface area is 103 Å². The summed E-state index contributed by atoms with van der Waals surface area (Å²) in [5.74, 6) is 0. The lowest BCUT2D eigenvalue weighted by Crippen LogP contribution is -2.46. The molecule has 1 aliphatic heterocycles. The maximum absolute atomic E-state index is 9.29. The Morgan fingerprint density at radius 2 is 2.53 bits per heavy atom. The first-order valence-electron chi connectivity index (χ1n) is 5.70. The van der Waals surface area contributed by atoms with Gasteiger partial charge >= 0.3 is 0 Å². The van der Waals surface area contributed by atoms with Gasteiger partial charge in [0.25, 0.3) is 0 Å². The Kier molecular flexibility index (Phi) is 3.11. The average molecular weight is 253 g/mol. The molecule has 2 aromatic heterocycles. The number of thiazole rings is 1. The van der Waals surface area contributed by atoms with Crippen molar-refractivity contribution < 1.29 is 9.84 Å². The van der Waals surface area contributed by atoms with Crippen LogP contribution < -0.4 is 0 Å². The van der Waals surface area contributed by atoms with Crippen LogP contribution in [-0.2, 0) is 11.3 Å². The molecule has 5 nitrogen and oxygen atoms in total. The van der Waals surface area contributed by atoms with E-state index in [4.69, 9.17) is 4.74 Å². The van der Waals surface area contributed by atoms with Gasteiger partial charge in [-0.25, -0.2) is 4.98 Å². The SMILES string of the molecule is OCC1COCCN1Cc1cn2ccsc2n1. The van der Waals surface area contributed by atoms with E-state index in [0.717, 1.165) is 30.4 Å². The van der Waals surface area contributed by atoms with Gasteiger partial charge in [0.2, 0.25) is 0 Å². The predicted molar refractivity (Wildman–Crippen MR) is 65.2 cm³/mol. The number of imidazole rings is 1. The van der Waals surface area contributed by atoms with Crippen LogP contribution in [0.2, 0.25) is 0 Å². The van der Waals surface area contributed by atoms with Gasteiger partial charge < -0.3 is 9.84 Å². The number of rotatable bonds is 3. The number of ether oxygens (including phenoxy) is 1. The normalized spacial score (nSPS) is 22.3. The van der Waals surface area contributed by atoms with Crippen molar-refractivity contribution in [3.63, 3.8) is 0 Å². The highest BCUT2D eigenvalue weighted by Crippen LogP contribution is 2.15. The fourth-order valence-electron chi connectivity index (χ4n) is 2.13. The second-order valence-corrected chi connectivity index (χ2v) is 5.08. The Morgan fingerprint density at radius 1 is 1.59 bits per heavy atom. The van der Waals surface area contributed by atoms with Gasteiger partial charge in [-0.3, -0.25) is 9.30 Å². The van der Waals surface area contributed by atoms with Crippen molar-refractivity contribution in [1.82, 2.24) is 14.3 Å². The van der Waals surface area contributed by atoms with Crippen molar-refractivity contribution in [2.45, 2.75) is 12.6 Å². The van der Waals surface area contributed by atoms with Gasteiger partial charge in [0.1, 0.15) is 0 Å². The Bertz CT molecular complexity index is 467. The van der Waals surface area contributed by atoms with Gasteiger partial charge in [-0.05, 0) is 0 Å². The van der Waals surface area contributed by atoms with Gasteiger partial charge in [-0.1, -0.05) is 0 Å². The number of hydrogen-bond donors (Lipinski definition) is 1. The molecule has 1 unspecified atom stereocenters. The Morgan fingerprint density at radius 3 is 3.35 bits per heavy atom. The van der Waals surface area contributed by atoms with E-state index in [0.29, 0.717) is 6.61 Å². The highest BCUT2D eigenvalue weighted by atomic mass is 32.1. The zero-order valence-electron chi connectivity index (χ0n) is 9.45. The summed E-state index contributed by atoms with van der Waals surface area (Å²) in [5, 5.41) is 11.3. The summed E-state index contributed by atoms with van der Waals surface area (Å²) in [6.07, 6.45) is 4.06. The van der Waals surface area contributed by atoms with E-state index in [1.807, 2.05) is 16.0 Å². The minimum atomic E-state index is 0.100. The summed E-state index contributed by atoms with van der Waals surface area (Å²) >= 11 is 1.64.